The molecule has 2 rings (SSSR count). The summed E-state index contributed by atoms with van der Waals surface area (Å²) in [6, 6.07) is -0.344. The molecule has 1 aliphatic heterocycles. The Balaban J connectivity index is 2.38. The van der Waals surface area contributed by atoms with Gasteiger partial charge in [-0.15, -0.1) is 0 Å². The zero-order valence-corrected chi connectivity index (χ0v) is 12.0. The topological polar surface area (TPSA) is 90.4 Å². The lowest BCUT2D eigenvalue weighted by Gasteiger charge is -2.27. The van der Waals surface area contributed by atoms with Crippen molar-refractivity contribution in [3.63, 3.8) is 0 Å². The second-order valence-electron chi connectivity index (χ2n) is 5.05. The van der Waals surface area contributed by atoms with Gasteiger partial charge in [0.25, 0.3) is 0 Å². The molecule has 2 heterocycles. The molecule has 0 aromatic carbocycles. The highest BCUT2D eigenvalue weighted by Gasteiger charge is 2.44. The number of methoxy groups -OCH3 is 1. The Morgan fingerprint density at radius 3 is 2.80 bits per heavy atom. The van der Waals surface area contributed by atoms with Gasteiger partial charge < -0.3 is 15.4 Å². The summed E-state index contributed by atoms with van der Waals surface area (Å²) in [5.74, 6) is -1.03. The molecule has 1 saturated heterocycles. The van der Waals surface area contributed by atoms with Crippen LogP contribution in [0, 0.1) is 12.8 Å². The average molecular weight is 280 g/mol. The minimum atomic E-state index is -0.512. The van der Waals surface area contributed by atoms with Gasteiger partial charge >= 0.3 is 0 Å². The lowest BCUT2D eigenvalue weighted by atomic mass is 9.93. The number of ether oxygens (including phenoxy) is 1. The van der Waals surface area contributed by atoms with E-state index in [-0.39, 0.29) is 18.4 Å². The third-order valence-electron chi connectivity index (χ3n) is 3.93. The number of aromatic nitrogens is 2. The number of carbonyl (C=O) groups excluding carboxylic acids is 2. The van der Waals surface area contributed by atoms with E-state index >= 15 is 0 Å². The van der Waals surface area contributed by atoms with Crippen LogP contribution in [-0.2, 0) is 21.4 Å². The van der Waals surface area contributed by atoms with Gasteiger partial charge in [0.05, 0.1) is 24.8 Å². The second-order valence-corrected chi connectivity index (χ2v) is 5.05. The van der Waals surface area contributed by atoms with Crippen LogP contribution >= 0.6 is 0 Å². The maximum absolute atomic E-state index is 12.1. The largest absolute Gasteiger partial charge is 0.383 e. The number of hydrogen-bond acceptors (Lipinski definition) is 4. The van der Waals surface area contributed by atoms with Gasteiger partial charge in [-0.2, -0.15) is 5.10 Å². The van der Waals surface area contributed by atoms with Crippen molar-refractivity contribution in [3.05, 3.63) is 17.5 Å². The molecule has 20 heavy (non-hydrogen) atoms. The lowest BCUT2D eigenvalue weighted by Crippen LogP contribution is -2.35. The number of aryl methyl sites for hydroxylation is 1. The highest BCUT2D eigenvalue weighted by Crippen LogP contribution is 2.38. The van der Waals surface area contributed by atoms with E-state index in [0.717, 1.165) is 11.3 Å². The van der Waals surface area contributed by atoms with Gasteiger partial charge in [0.1, 0.15) is 0 Å². The number of nitrogens with zero attached hydrogens (tertiary/aromatic N) is 3. The van der Waals surface area contributed by atoms with Crippen LogP contribution in [0.15, 0.2) is 6.20 Å². The molecular formula is C13H20N4O3. The number of carbonyl (C=O) groups is 2. The molecule has 1 aliphatic rings. The summed E-state index contributed by atoms with van der Waals surface area (Å²) in [5.41, 5.74) is 7.26. The van der Waals surface area contributed by atoms with Crippen molar-refractivity contribution >= 4 is 11.8 Å². The van der Waals surface area contributed by atoms with Crippen molar-refractivity contribution in [2.45, 2.75) is 19.4 Å². The maximum Gasteiger partial charge on any atom is 0.224 e. The SMILES string of the molecule is COCCN1C(=O)C[C@H](C(N)=O)[C@H]1c1cnn(C)c1C. The first-order valence-corrected chi connectivity index (χ1v) is 6.53. The first-order valence-electron chi connectivity index (χ1n) is 6.53. The van der Waals surface area contributed by atoms with Gasteiger partial charge in [0.15, 0.2) is 0 Å². The summed E-state index contributed by atoms with van der Waals surface area (Å²) in [5, 5.41) is 4.19. The number of amides is 2. The van der Waals surface area contributed by atoms with Crippen LogP contribution < -0.4 is 5.73 Å². The molecule has 2 amide bonds. The van der Waals surface area contributed by atoms with Crippen molar-refractivity contribution in [2.75, 3.05) is 20.3 Å². The molecule has 0 saturated carbocycles. The monoisotopic (exact) mass is 280 g/mol. The molecule has 1 fully saturated rings. The van der Waals surface area contributed by atoms with E-state index in [2.05, 4.69) is 5.10 Å². The first-order chi connectivity index (χ1) is 9.47. The van der Waals surface area contributed by atoms with Crippen LogP contribution in [0.3, 0.4) is 0 Å². The maximum atomic E-state index is 12.1. The molecule has 7 heteroatoms. The van der Waals surface area contributed by atoms with Gasteiger partial charge in [-0.25, -0.2) is 0 Å². The Hall–Kier alpha value is -1.89. The van der Waals surface area contributed by atoms with E-state index < -0.39 is 11.8 Å². The van der Waals surface area contributed by atoms with Gasteiger partial charge in [-0.05, 0) is 6.92 Å². The third kappa shape index (κ3) is 2.40. The Kier molecular flexibility index (Phi) is 4.08. The minimum absolute atomic E-state index is 0.0703. The Morgan fingerprint density at radius 2 is 2.30 bits per heavy atom. The molecule has 1 aromatic heterocycles. The fourth-order valence-corrected chi connectivity index (χ4v) is 2.69. The number of hydrogen-bond donors (Lipinski definition) is 1. The van der Waals surface area contributed by atoms with Crippen LogP contribution in [0.25, 0.3) is 0 Å². The van der Waals surface area contributed by atoms with Crippen molar-refractivity contribution in [3.8, 4) is 0 Å². The van der Waals surface area contributed by atoms with Gasteiger partial charge in [0, 0.05) is 38.4 Å². The predicted octanol–water partition coefficient (Wildman–Crippen LogP) is -0.250. The zero-order chi connectivity index (χ0) is 14.9. The molecule has 0 unspecified atom stereocenters. The number of nitrogens with two attached hydrogens (primary N) is 1. The van der Waals surface area contributed by atoms with Gasteiger partial charge in [-0.1, -0.05) is 0 Å². The second kappa shape index (κ2) is 5.62. The van der Waals surface area contributed by atoms with E-state index in [1.54, 1.807) is 22.9 Å². The number of likely N-dealkylation sites (tertiary alicyclic amines) is 1. The van der Waals surface area contributed by atoms with E-state index in [0.29, 0.717) is 13.2 Å². The average Bonchev–Trinajstić information content (AvgIpc) is 2.89. The Labute approximate surface area is 117 Å². The van der Waals surface area contributed by atoms with Crippen LogP contribution in [0.5, 0.6) is 0 Å². The van der Waals surface area contributed by atoms with Gasteiger partial charge in [-0.3, -0.25) is 14.3 Å². The summed E-state index contributed by atoms with van der Waals surface area (Å²) in [6.45, 7) is 2.78. The fraction of sp³-hybridized carbons (Fsp3) is 0.615. The highest BCUT2D eigenvalue weighted by molar-refractivity contribution is 5.89. The number of rotatable bonds is 5. The van der Waals surface area contributed by atoms with E-state index in [1.807, 2.05) is 14.0 Å². The van der Waals surface area contributed by atoms with Crippen molar-refractivity contribution in [1.82, 2.24) is 14.7 Å². The fourth-order valence-electron chi connectivity index (χ4n) is 2.69. The molecule has 7 nitrogen and oxygen atoms in total. The van der Waals surface area contributed by atoms with Crippen LogP contribution in [0.1, 0.15) is 23.7 Å². The lowest BCUT2D eigenvalue weighted by molar-refractivity contribution is -0.129. The molecule has 2 N–H and O–H groups in total. The first kappa shape index (κ1) is 14.5. The molecule has 1 aromatic rings. The van der Waals surface area contributed by atoms with E-state index in [9.17, 15) is 9.59 Å². The molecule has 0 radical (unpaired) electrons. The van der Waals surface area contributed by atoms with E-state index in [1.165, 1.54) is 0 Å². The normalized spacial score (nSPS) is 22.6. The summed E-state index contributed by atoms with van der Waals surface area (Å²) in [7, 11) is 3.41. The van der Waals surface area contributed by atoms with Crippen LogP contribution in [-0.4, -0.2) is 46.8 Å². The van der Waals surface area contributed by atoms with E-state index in [4.69, 9.17) is 10.5 Å². The predicted molar refractivity (Wildman–Crippen MR) is 71.6 cm³/mol. The summed E-state index contributed by atoms with van der Waals surface area (Å²) in [4.78, 5) is 25.5. The van der Waals surface area contributed by atoms with Crippen LogP contribution in [0.4, 0.5) is 0 Å². The van der Waals surface area contributed by atoms with Crippen molar-refractivity contribution < 1.29 is 14.3 Å². The summed E-state index contributed by atoms with van der Waals surface area (Å²) in [6.07, 6.45) is 1.85. The standard InChI is InChI=1S/C13H20N4O3/c1-8-10(7-15-16(8)2)12-9(13(14)19)6-11(18)17(12)4-5-20-3/h7,9,12H,4-6H2,1-3H3,(H2,14,19)/t9-,12-/m0/s1. The van der Waals surface area contributed by atoms with Crippen LogP contribution in [0.2, 0.25) is 0 Å². The van der Waals surface area contributed by atoms with Crippen molar-refractivity contribution in [1.29, 1.82) is 0 Å². The van der Waals surface area contributed by atoms with Gasteiger partial charge in [0.2, 0.25) is 11.8 Å². The summed E-state index contributed by atoms with van der Waals surface area (Å²) >= 11 is 0. The highest BCUT2D eigenvalue weighted by atomic mass is 16.5. The molecule has 0 spiro atoms. The summed E-state index contributed by atoms with van der Waals surface area (Å²) < 4.78 is 6.76. The third-order valence-corrected chi connectivity index (χ3v) is 3.93. The molecule has 0 bridgehead atoms. The quantitative estimate of drug-likeness (QED) is 0.805. The number of primary amides is 1. The smallest absolute Gasteiger partial charge is 0.224 e. The van der Waals surface area contributed by atoms with Crippen molar-refractivity contribution in [2.24, 2.45) is 18.7 Å². The molecule has 110 valence electrons. The Morgan fingerprint density at radius 1 is 1.60 bits per heavy atom. The molecular weight excluding hydrogens is 260 g/mol. The molecule has 0 aliphatic carbocycles. The molecule has 2 atom stereocenters. The zero-order valence-electron chi connectivity index (χ0n) is 12.0. The minimum Gasteiger partial charge on any atom is -0.383 e. The Bertz CT molecular complexity index is 526.